The fourth-order valence-electron chi connectivity index (χ4n) is 4.75. The molecule has 178 valence electrons. The summed E-state index contributed by atoms with van der Waals surface area (Å²) in [6, 6.07) is 5.03. The second-order valence-corrected chi connectivity index (χ2v) is 10.9. The predicted molar refractivity (Wildman–Crippen MR) is 121 cm³/mol. The number of carbonyl (C=O) groups is 1. The van der Waals surface area contributed by atoms with Crippen molar-refractivity contribution in [3.8, 4) is 11.5 Å². The molecular formula is C23H35N3O5S. The monoisotopic (exact) mass is 465 g/mol. The quantitative estimate of drug-likeness (QED) is 0.693. The van der Waals surface area contributed by atoms with Crippen molar-refractivity contribution >= 4 is 15.9 Å². The van der Waals surface area contributed by atoms with E-state index in [2.05, 4.69) is 17.1 Å². The lowest BCUT2D eigenvalue weighted by atomic mass is 9.96. The Kier molecular flexibility index (Phi) is 7.58. The van der Waals surface area contributed by atoms with Gasteiger partial charge in [-0.15, -0.1) is 0 Å². The number of amides is 1. The molecule has 1 N–H and O–H groups in total. The van der Waals surface area contributed by atoms with E-state index in [1.807, 2.05) is 0 Å². The molecule has 3 aliphatic rings. The van der Waals surface area contributed by atoms with Gasteiger partial charge in [-0.1, -0.05) is 6.92 Å². The molecule has 1 amide bonds. The number of nitrogens with zero attached hydrogens (tertiary/aromatic N) is 2. The molecule has 2 fully saturated rings. The summed E-state index contributed by atoms with van der Waals surface area (Å²) in [6.45, 7) is 7.15. The van der Waals surface area contributed by atoms with Gasteiger partial charge in [0.1, 0.15) is 0 Å². The van der Waals surface area contributed by atoms with Crippen molar-refractivity contribution in [2.75, 3.05) is 45.9 Å². The Hall–Kier alpha value is -1.84. The van der Waals surface area contributed by atoms with Crippen LogP contribution < -0.4 is 14.8 Å². The lowest BCUT2D eigenvalue weighted by Crippen LogP contribution is -2.48. The van der Waals surface area contributed by atoms with Crippen LogP contribution >= 0.6 is 0 Å². The van der Waals surface area contributed by atoms with E-state index in [0.29, 0.717) is 50.6 Å². The minimum absolute atomic E-state index is 0.0755. The van der Waals surface area contributed by atoms with Crippen LogP contribution in [0.5, 0.6) is 11.5 Å². The third kappa shape index (κ3) is 5.38. The molecule has 3 heterocycles. The van der Waals surface area contributed by atoms with E-state index in [0.717, 1.165) is 45.3 Å². The number of piperidine rings is 2. The molecule has 0 atom stereocenters. The van der Waals surface area contributed by atoms with Crippen molar-refractivity contribution in [1.82, 2.24) is 14.5 Å². The number of fused-ring (bicyclic) bond motifs is 1. The van der Waals surface area contributed by atoms with Crippen LogP contribution in [0, 0.1) is 5.92 Å². The Labute approximate surface area is 191 Å². The van der Waals surface area contributed by atoms with Crippen molar-refractivity contribution in [1.29, 1.82) is 0 Å². The van der Waals surface area contributed by atoms with Crippen molar-refractivity contribution < 1.29 is 22.7 Å². The summed E-state index contributed by atoms with van der Waals surface area (Å²) in [4.78, 5) is 15.4. The molecule has 2 saturated heterocycles. The van der Waals surface area contributed by atoms with Crippen LogP contribution in [0.2, 0.25) is 0 Å². The molecule has 3 aliphatic heterocycles. The van der Waals surface area contributed by atoms with Crippen molar-refractivity contribution in [2.24, 2.45) is 5.92 Å². The first-order valence-electron chi connectivity index (χ1n) is 11.9. The van der Waals surface area contributed by atoms with Gasteiger partial charge in [0, 0.05) is 50.6 Å². The van der Waals surface area contributed by atoms with E-state index in [1.54, 1.807) is 18.2 Å². The predicted octanol–water partition coefficient (Wildman–Crippen LogP) is 2.24. The Morgan fingerprint density at radius 2 is 1.72 bits per heavy atom. The Morgan fingerprint density at radius 3 is 2.41 bits per heavy atom. The molecule has 1 aromatic carbocycles. The standard InChI is InChI=1S/C23H35N3O5S/c1-2-10-25-11-8-19(9-12-25)24-23(27)18-6-13-26(14-7-18)32(28,29)20-4-5-21-22(17-20)31-16-3-15-30-21/h4-5,17-19H,2-3,6-16H2,1H3,(H,24,27). The molecule has 0 unspecified atom stereocenters. The molecule has 0 aromatic heterocycles. The third-order valence-electron chi connectivity index (χ3n) is 6.66. The summed E-state index contributed by atoms with van der Waals surface area (Å²) in [5.41, 5.74) is 0. The molecule has 0 saturated carbocycles. The van der Waals surface area contributed by atoms with Gasteiger partial charge in [-0.2, -0.15) is 4.31 Å². The normalized spacial score (nSPS) is 21.8. The van der Waals surface area contributed by atoms with E-state index >= 15 is 0 Å². The van der Waals surface area contributed by atoms with E-state index in [1.165, 1.54) is 4.31 Å². The number of carbonyl (C=O) groups excluding carboxylic acids is 1. The number of sulfonamides is 1. The lowest BCUT2D eigenvalue weighted by Gasteiger charge is -2.34. The number of hydrogen-bond acceptors (Lipinski definition) is 6. The number of hydrogen-bond donors (Lipinski definition) is 1. The average Bonchev–Trinajstić information content (AvgIpc) is 3.05. The second-order valence-electron chi connectivity index (χ2n) is 8.96. The van der Waals surface area contributed by atoms with E-state index in [9.17, 15) is 13.2 Å². The summed E-state index contributed by atoms with van der Waals surface area (Å²) < 4.78 is 39.1. The summed E-state index contributed by atoms with van der Waals surface area (Å²) in [5.74, 6) is 1.01. The zero-order chi connectivity index (χ0) is 22.6. The molecule has 0 bridgehead atoms. The summed E-state index contributed by atoms with van der Waals surface area (Å²) >= 11 is 0. The summed E-state index contributed by atoms with van der Waals surface area (Å²) in [7, 11) is -3.63. The number of benzene rings is 1. The largest absolute Gasteiger partial charge is 0.490 e. The zero-order valence-electron chi connectivity index (χ0n) is 18.9. The molecule has 0 radical (unpaired) electrons. The van der Waals surface area contributed by atoms with E-state index in [-0.39, 0.29) is 22.8 Å². The van der Waals surface area contributed by atoms with Gasteiger partial charge >= 0.3 is 0 Å². The number of rotatable bonds is 6. The topological polar surface area (TPSA) is 88.2 Å². The van der Waals surface area contributed by atoms with Crippen molar-refractivity contribution in [3.05, 3.63) is 18.2 Å². The lowest BCUT2D eigenvalue weighted by molar-refractivity contribution is -0.127. The molecule has 8 nitrogen and oxygen atoms in total. The fourth-order valence-corrected chi connectivity index (χ4v) is 6.23. The smallest absolute Gasteiger partial charge is 0.243 e. The third-order valence-corrected chi connectivity index (χ3v) is 8.55. The first-order chi connectivity index (χ1) is 15.5. The van der Waals surface area contributed by atoms with Gasteiger partial charge in [-0.3, -0.25) is 4.79 Å². The minimum atomic E-state index is -3.63. The van der Waals surface area contributed by atoms with Crippen LogP contribution in [0.15, 0.2) is 23.1 Å². The summed E-state index contributed by atoms with van der Waals surface area (Å²) in [6.07, 6.45) is 5.00. The maximum absolute atomic E-state index is 13.2. The maximum atomic E-state index is 13.2. The number of ether oxygens (including phenoxy) is 2. The highest BCUT2D eigenvalue weighted by Crippen LogP contribution is 2.33. The van der Waals surface area contributed by atoms with E-state index < -0.39 is 10.0 Å². The van der Waals surface area contributed by atoms with Gasteiger partial charge < -0.3 is 19.7 Å². The molecule has 0 aliphatic carbocycles. The van der Waals surface area contributed by atoms with Crippen LogP contribution in [-0.4, -0.2) is 75.5 Å². The molecule has 32 heavy (non-hydrogen) atoms. The van der Waals surface area contributed by atoms with Crippen LogP contribution in [0.3, 0.4) is 0 Å². The van der Waals surface area contributed by atoms with Crippen LogP contribution in [-0.2, 0) is 14.8 Å². The van der Waals surface area contributed by atoms with Gasteiger partial charge in [-0.05, 0) is 50.8 Å². The van der Waals surface area contributed by atoms with Crippen LogP contribution in [0.4, 0.5) is 0 Å². The molecular weight excluding hydrogens is 430 g/mol. The molecule has 9 heteroatoms. The fraction of sp³-hybridized carbons (Fsp3) is 0.696. The van der Waals surface area contributed by atoms with E-state index in [4.69, 9.17) is 9.47 Å². The van der Waals surface area contributed by atoms with Gasteiger partial charge in [0.2, 0.25) is 15.9 Å². The zero-order valence-corrected chi connectivity index (χ0v) is 19.7. The maximum Gasteiger partial charge on any atom is 0.243 e. The molecule has 4 rings (SSSR count). The van der Waals surface area contributed by atoms with Gasteiger partial charge in [0.05, 0.1) is 18.1 Å². The highest BCUT2D eigenvalue weighted by atomic mass is 32.2. The van der Waals surface area contributed by atoms with Gasteiger partial charge in [0.25, 0.3) is 0 Å². The minimum Gasteiger partial charge on any atom is -0.490 e. The number of likely N-dealkylation sites (tertiary alicyclic amines) is 1. The Morgan fingerprint density at radius 1 is 1.03 bits per heavy atom. The highest BCUT2D eigenvalue weighted by molar-refractivity contribution is 7.89. The first kappa shape index (κ1) is 23.3. The van der Waals surface area contributed by atoms with Crippen molar-refractivity contribution in [3.63, 3.8) is 0 Å². The van der Waals surface area contributed by atoms with Crippen molar-refractivity contribution in [2.45, 2.75) is 56.4 Å². The van der Waals surface area contributed by atoms with Gasteiger partial charge in [0.15, 0.2) is 11.5 Å². The number of nitrogens with one attached hydrogen (secondary N) is 1. The van der Waals surface area contributed by atoms with Gasteiger partial charge in [-0.25, -0.2) is 8.42 Å². The second kappa shape index (κ2) is 10.4. The summed E-state index contributed by atoms with van der Waals surface area (Å²) in [5, 5.41) is 3.21. The highest BCUT2D eigenvalue weighted by Gasteiger charge is 2.33. The molecule has 0 spiro atoms. The average molecular weight is 466 g/mol. The SMILES string of the molecule is CCCN1CCC(NC(=O)C2CCN(S(=O)(=O)c3ccc4c(c3)OCCCO4)CC2)CC1. The Bertz CT molecular complexity index is 891. The molecule has 1 aromatic rings. The van der Waals surface area contributed by atoms with Crippen LogP contribution in [0.1, 0.15) is 45.4 Å². The van der Waals surface area contributed by atoms with Crippen LogP contribution in [0.25, 0.3) is 0 Å². The Balaban J connectivity index is 1.30. The first-order valence-corrected chi connectivity index (χ1v) is 13.3.